The summed E-state index contributed by atoms with van der Waals surface area (Å²) in [7, 11) is 0. The van der Waals surface area contributed by atoms with Gasteiger partial charge >= 0.3 is 0 Å². The van der Waals surface area contributed by atoms with Gasteiger partial charge in [0.1, 0.15) is 5.82 Å². The third-order valence-electron chi connectivity index (χ3n) is 5.02. The summed E-state index contributed by atoms with van der Waals surface area (Å²) in [6.07, 6.45) is 5.81. The number of nitrogens with zero attached hydrogens (tertiary/aromatic N) is 4. The van der Waals surface area contributed by atoms with Crippen LogP contribution in [0.5, 0.6) is 0 Å². The fourth-order valence-electron chi connectivity index (χ4n) is 3.53. The fourth-order valence-corrected chi connectivity index (χ4v) is 3.53. The maximum absolute atomic E-state index is 4.70. The lowest BCUT2D eigenvalue weighted by molar-refractivity contribution is 0.243. The first-order chi connectivity index (χ1) is 14.2. The van der Waals surface area contributed by atoms with Gasteiger partial charge in [-0.25, -0.2) is 4.98 Å². The quantitative estimate of drug-likeness (QED) is 0.447. The highest BCUT2D eigenvalue weighted by atomic mass is 15.2. The largest absolute Gasteiger partial charge is 0.304 e. The second-order valence-electron chi connectivity index (χ2n) is 7.49. The lowest BCUT2D eigenvalue weighted by Gasteiger charge is -2.23. The van der Waals surface area contributed by atoms with Crippen molar-refractivity contribution in [3.05, 3.63) is 113 Å². The van der Waals surface area contributed by atoms with Gasteiger partial charge in [-0.1, -0.05) is 35.9 Å². The van der Waals surface area contributed by atoms with Crippen molar-refractivity contribution in [3.63, 3.8) is 0 Å². The van der Waals surface area contributed by atoms with Gasteiger partial charge in [0, 0.05) is 49.6 Å². The molecule has 0 radical (unpaired) electrons. The molecule has 3 heterocycles. The topological polar surface area (TPSA) is 34.0 Å². The van der Waals surface area contributed by atoms with Gasteiger partial charge in [0.15, 0.2) is 0 Å². The van der Waals surface area contributed by atoms with Gasteiger partial charge in [0.25, 0.3) is 0 Å². The molecule has 3 aromatic heterocycles. The first kappa shape index (κ1) is 19.1. The predicted molar refractivity (Wildman–Crippen MR) is 117 cm³/mol. The Labute approximate surface area is 172 Å². The van der Waals surface area contributed by atoms with E-state index in [1.165, 1.54) is 22.4 Å². The Morgan fingerprint density at radius 3 is 2.21 bits per heavy atom. The summed E-state index contributed by atoms with van der Waals surface area (Å²) < 4.78 is 2.18. The zero-order chi connectivity index (χ0) is 20.1. The van der Waals surface area contributed by atoms with Gasteiger partial charge in [-0.05, 0) is 61.4 Å². The number of aromatic nitrogens is 3. The first-order valence-electron chi connectivity index (χ1n) is 9.94. The summed E-state index contributed by atoms with van der Waals surface area (Å²) >= 11 is 0. The van der Waals surface area contributed by atoms with Crippen molar-refractivity contribution in [3.8, 4) is 5.82 Å². The smallest absolute Gasteiger partial charge is 0.137 e. The number of hydrogen-bond acceptors (Lipinski definition) is 3. The second kappa shape index (κ2) is 8.84. The van der Waals surface area contributed by atoms with E-state index in [4.69, 9.17) is 4.98 Å². The van der Waals surface area contributed by atoms with Crippen LogP contribution in [0.3, 0.4) is 0 Å². The van der Waals surface area contributed by atoms with Gasteiger partial charge in [-0.15, -0.1) is 0 Å². The van der Waals surface area contributed by atoms with Crippen molar-refractivity contribution < 1.29 is 0 Å². The monoisotopic (exact) mass is 382 g/mol. The SMILES string of the molecule is Cc1ccc(CN(Cc2ccncc2)Cc2cccn2-c2cccc(C)n2)cc1. The van der Waals surface area contributed by atoms with Gasteiger partial charge in [-0.2, -0.15) is 0 Å². The zero-order valence-corrected chi connectivity index (χ0v) is 17.0. The predicted octanol–water partition coefficient (Wildman–Crippen LogP) is 5.09. The maximum atomic E-state index is 4.70. The Morgan fingerprint density at radius 2 is 1.48 bits per heavy atom. The van der Waals surface area contributed by atoms with Crippen molar-refractivity contribution in [1.29, 1.82) is 0 Å². The molecular weight excluding hydrogens is 356 g/mol. The van der Waals surface area contributed by atoms with E-state index >= 15 is 0 Å². The lowest BCUT2D eigenvalue weighted by atomic mass is 10.1. The first-order valence-corrected chi connectivity index (χ1v) is 9.94. The molecule has 0 bridgehead atoms. The third kappa shape index (κ3) is 4.98. The number of aryl methyl sites for hydroxylation is 2. The highest BCUT2D eigenvalue weighted by Crippen LogP contribution is 2.17. The summed E-state index contributed by atoms with van der Waals surface area (Å²) in [4.78, 5) is 11.3. The van der Waals surface area contributed by atoms with Crippen LogP contribution in [0.15, 0.2) is 85.3 Å². The molecule has 4 heteroatoms. The minimum Gasteiger partial charge on any atom is -0.304 e. The van der Waals surface area contributed by atoms with Gasteiger partial charge < -0.3 is 4.57 Å². The summed E-state index contributed by atoms with van der Waals surface area (Å²) in [5, 5.41) is 0. The number of rotatable bonds is 7. The molecular formula is C25H26N4. The Kier molecular flexibility index (Phi) is 5.82. The van der Waals surface area contributed by atoms with Crippen LogP contribution < -0.4 is 0 Å². The molecule has 0 aliphatic carbocycles. The fraction of sp³-hybridized carbons (Fsp3) is 0.200. The minimum atomic E-state index is 0.832. The Bertz CT molecular complexity index is 1050. The molecule has 0 atom stereocenters. The molecule has 0 spiro atoms. The Morgan fingerprint density at radius 1 is 0.759 bits per heavy atom. The van der Waals surface area contributed by atoms with E-state index in [2.05, 4.69) is 88.2 Å². The van der Waals surface area contributed by atoms with Crippen molar-refractivity contribution in [2.75, 3.05) is 0 Å². The van der Waals surface area contributed by atoms with E-state index in [1.807, 2.05) is 25.4 Å². The van der Waals surface area contributed by atoms with Crippen LogP contribution in [0.25, 0.3) is 5.82 Å². The molecule has 0 saturated heterocycles. The Balaban J connectivity index is 1.60. The average molecular weight is 383 g/mol. The van der Waals surface area contributed by atoms with E-state index in [0.717, 1.165) is 31.1 Å². The molecule has 0 aliphatic heterocycles. The van der Waals surface area contributed by atoms with Crippen LogP contribution in [0.4, 0.5) is 0 Å². The van der Waals surface area contributed by atoms with Crippen LogP contribution in [0.1, 0.15) is 28.1 Å². The molecule has 4 nitrogen and oxygen atoms in total. The van der Waals surface area contributed by atoms with Gasteiger partial charge in [0.2, 0.25) is 0 Å². The molecule has 146 valence electrons. The average Bonchev–Trinajstić information content (AvgIpc) is 3.18. The molecule has 0 amide bonds. The molecule has 0 aliphatic rings. The van der Waals surface area contributed by atoms with Crippen LogP contribution in [0, 0.1) is 13.8 Å². The zero-order valence-electron chi connectivity index (χ0n) is 17.0. The number of benzene rings is 1. The van der Waals surface area contributed by atoms with E-state index in [0.29, 0.717) is 0 Å². The molecule has 4 rings (SSSR count). The molecule has 4 aromatic rings. The van der Waals surface area contributed by atoms with Crippen LogP contribution in [-0.2, 0) is 19.6 Å². The standard InChI is InChI=1S/C25H26N4/c1-20-8-10-22(11-9-20)17-28(18-23-12-14-26-15-13-23)19-24-6-4-16-29(24)25-7-3-5-21(2)27-25/h3-16H,17-19H2,1-2H3. The molecule has 0 N–H and O–H groups in total. The molecule has 0 fully saturated rings. The van der Waals surface area contributed by atoms with Crippen LogP contribution in [0.2, 0.25) is 0 Å². The number of pyridine rings is 2. The van der Waals surface area contributed by atoms with Gasteiger partial charge in [-0.3, -0.25) is 9.88 Å². The second-order valence-corrected chi connectivity index (χ2v) is 7.49. The normalized spacial score (nSPS) is 11.1. The van der Waals surface area contributed by atoms with E-state index < -0.39 is 0 Å². The van der Waals surface area contributed by atoms with Crippen molar-refractivity contribution >= 4 is 0 Å². The number of hydrogen-bond donors (Lipinski definition) is 0. The highest BCUT2D eigenvalue weighted by Gasteiger charge is 2.12. The summed E-state index contributed by atoms with van der Waals surface area (Å²) in [6, 6.07) is 23.4. The van der Waals surface area contributed by atoms with Crippen molar-refractivity contribution in [2.45, 2.75) is 33.5 Å². The van der Waals surface area contributed by atoms with Crippen molar-refractivity contribution in [2.24, 2.45) is 0 Å². The van der Waals surface area contributed by atoms with E-state index in [-0.39, 0.29) is 0 Å². The highest BCUT2D eigenvalue weighted by molar-refractivity contribution is 5.29. The van der Waals surface area contributed by atoms with E-state index in [9.17, 15) is 0 Å². The lowest BCUT2D eigenvalue weighted by Crippen LogP contribution is -2.24. The Hall–Kier alpha value is -3.24. The van der Waals surface area contributed by atoms with E-state index in [1.54, 1.807) is 0 Å². The summed E-state index contributed by atoms with van der Waals surface area (Å²) in [5.41, 5.74) is 6.11. The summed E-state index contributed by atoms with van der Waals surface area (Å²) in [6.45, 7) is 6.73. The van der Waals surface area contributed by atoms with Crippen LogP contribution in [-0.4, -0.2) is 19.4 Å². The van der Waals surface area contributed by atoms with Gasteiger partial charge in [0.05, 0.1) is 0 Å². The maximum Gasteiger partial charge on any atom is 0.137 e. The van der Waals surface area contributed by atoms with Crippen LogP contribution >= 0.6 is 0 Å². The molecule has 0 unspecified atom stereocenters. The third-order valence-corrected chi connectivity index (χ3v) is 5.02. The summed E-state index contributed by atoms with van der Waals surface area (Å²) in [5.74, 6) is 0.962. The van der Waals surface area contributed by atoms with Crippen molar-refractivity contribution in [1.82, 2.24) is 19.4 Å². The molecule has 0 saturated carbocycles. The molecule has 29 heavy (non-hydrogen) atoms. The molecule has 1 aromatic carbocycles. The minimum absolute atomic E-state index is 0.832.